The van der Waals surface area contributed by atoms with Gasteiger partial charge in [-0.15, -0.1) is 0 Å². The summed E-state index contributed by atoms with van der Waals surface area (Å²) in [6.45, 7) is 0. The normalized spacial score (nSPS) is 12.6. The van der Waals surface area contributed by atoms with Gasteiger partial charge in [-0.3, -0.25) is 0 Å². The van der Waals surface area contributed by atoms with Gasteiger partial charge in [0.05, 0.1) is 0 Å². The lowest BCUT2D eigenvalue weighted by molar-refractivity contribution is -0.147. The Kier molecular flexibility index (Phi) is 3.63. The molecule has 1 unspecified atom stereocenters. The number of rotatable bonds is 2. The van der Waals surface area contributed by atoms with Gasteiger partial charge in [-0.05, 0) is 44.0 Å². The Labute approximate surface area is 95.8 Å². The number of aliphatic carboxylic acids is 1. The van der Waals surface area contributed by atoms with E-state index in [2.05, 4.69) is 31.9 Å². The fourth-order valence-corrected chi connectivity index (χ4v) is 1.80. The standard InChI is InChI=1S/C8H5Br2FO3/c9-3-1-2-4(11)5(6(3)10)7(12)8(13)14/h1-2,7,12H,(H,13,14). The first-order chi connectivity index (χ1) is 6.45. The highest BCUT2D eigenvalue weighted by Gasteiger charge is 2.23. The minimum Gasteiger partial charge on any atom is -0.479 e. The van der Waals surface area contributed by atoms with Crippen LogP contribution in [0.15, 0.2) is 21.1 Å². The average Bonchev–Trinajstić information content (AvgIpc) is 2.12. The van der Waals surface area contributed by atoms with Gasteiger partial charge in [0.15, 0.2) is 6.10 Å². The number of halogens is 3. The summed E-state index contributed by atoms with van der Waals surface area (Å²) >= 11 is 6.07. The van der Waals surface area contributed by atoms with Crippen LogP contribution in [0.5, 0.6) is 0 Å². The monoisotopic (exact) mass is 326 g/mol. The molecule has 3 nitrogen and oxygen atoms in total. The Balaban J connectivity index is 3.32. The fourth-order valence-electron chi connectivity index (χ4n) is 0.917. The number of benzene rings is 1. The molecule has 0 aromatic heterocycles. The van der Waals surface area contributed by atoms with Crippen molar-refractivity contribution >= 4 is 37.8 Å². The van der Waals surface area contributed by atoms with Gasteiger partial charge in [-0.1, -0.05) is 0 Å². The molecule has 1 aromatic rings. The number of carboxylic acid groups (broad SMARTS) is 1. The number of carbonyl (C=O) groups is 1. The fraction of sp³-hybridized carbons (Fsp3) is 0.125. The van der Waals surface area contributed by atoms with Gasteiger partial charge < -0.3 is 10.2 Å². The van der Waals surface area contributed by atoms with E-state index in [0.717, 1.165) is 6.07 Å². The topological polar surface area (TPSA) is 57.5 Å². The summed E-state index contributed by atoms with van der Waals surface area (Å²) in [4.78, 5) is 10.5. The summed E-state index contributed by atoms with van der Waals surface area (Å²) in [7, 11) is 0. The molecule has 2 N–H and O–H groups in total. The SMILES string of the molecule is O=C(O)C(O)c1c(F)ccc(Br)c1Br. The first kappa shape index (κ1) is 11.6. The van der Waals surface area contributed by atoms with E-state index in [-0.39, 0.29) is 10.0 Å². The van der Waals surface area contributed by atoms with Crippen LogP contribution in [0.4, 0.5) is 4.39 Å². The molecule has 1 aromatic carbocycles. The highest BCUT2D eigenvalue weighted by Crippen LogP contribution is 2.32. The van der Waals surface area contributed by atoms with E-state index in [1.807, 2.05) is 0 Å². The molecule has 14 heavy (non-hydrogen) atoms. The molecule has 0 saturated heterocycles. The lowest BCUT2D eigenvalue weighted by Crippen LogP contribution is -2.13. The van der Waals surface area contributed by atoms with Crippen molar-refractivity contribution in [2.45, 2.75) is 6.10 Å². The molecule has 1 atom stereocenters. The summed E-state index contributed by atoms with van der Waals surface area (Å²) in [6, 6.07) is 2.49. The Morgan fingerprint density at radius 1 is 1.43 bits per heavy atom. The lowest BCUT2D eigenvalue weighted by Gasteiger charge is -2.10. The molecule has 0 fully saturated rings. The summed E-state index contributed by atoms with van der Waals surface area (Å²) in [6.07, 6.45) is -1.87. The van der Waals surface area contributed by atoms with Crippen molar-refractivity contribution in [2.24, 2.45) is 0 Å². The maximum Gasteiger partial charge on any atom is 0.337 e. The molecule has 0 aliphatic heterocycles. The number of aliphatic hydroxyl groups is 1. The summed E-state index contributed by atoms with van der Waals surface area (Å²) < 4.78 is 13.8. The predicted octanol–water partition coefficient (Wildman–Crippen LogP) is 2.47. The second-order valence-corrected chi connectivity index (χ2v) is 4.14. The molecular weight excluding hydrogens is 323 g/mol. The highest BCUT2D eigenvalue weighted by molar-refractivity contribution is 9.13. The van der Waals surface area contributed by atoms with Crippen molar-refractivity contribution in [2.75, 3.05) is 0 Å². The van der Waals surface area contributed by atoms with E-state index in [1.165, 1.54) is 6.07 Å². The number of hydrogen-bond acceptors (Lipinski definition) is 2. The Bertz CT molecular complexity index is 381. The number of aliphatic hydroxyl groups excluding tert-OH is 1. The van der Waals surface area contributed by atoms with Gasteiger partial charge in [0.2, 0.25) is 0 Å². The van der Waals surface area contributed by atoms with Crippen LogP contribution in [0, 0.1) is 5.82 Å². The van der Waals surface area contributed by atoms with Crippen LogP contribution in [-0.4, -0.2) is 16.2 Å². The zero-order chi connectivity index (χ0) is 10.9. The van der Waals surface area contributed by atoms with Crippen LogP contribution < -0.4 is 0 Å². The molecular formula is C8H5Br2FO3. The largest absolute Gasteiger partial charge is 0.479 e. The summed E-state index contributed by atoms with van der Waals surface area (Å²) in [5, 5.41) is 17.7. The molecule has 0 aliphatic rings. The van der Waals surface area contributed by atoms with Crippen LogP contribution in [0.2, 0.25) is 0 Å². The average molecular weight is 328 g/mol. The lowest BCUT2D eigenvalue weighted by atomic mass is 10.1. The molecule has 0 radical (unpaired) electrons. The minimum atomic E-state index is -1.87. The quantitative estimate of drug-likeness (QED) is 0.820. The Morgan fingerprint density at radius 2 is 2.00 bits per heavy atom. The third kappa shape index (κ3) is 2.13. The molecule has 6 heteroatoms. The first-order valence-corrected chi connectivity index (χ1v) is 5.08. The van der Waals surface area contributed by atoms with Gasteiger partial charge >= 0.3 is 5.97 Å². The van der Waals surface area contributed by atoms with Crippen LogP contribution in [0.1, 0.15) is 11.7 Å². The van der Waals surface area contributed by atoms with Crippen molar-refractivity contribution in [3.05, 3.63) is 32.5 Å². The summed E-state index contributed by atoms with van der Waals surface area (Å²) in [5.41, 5.74) is -0.285. The van der Waals surface area contributed by atoms with E-state index in [9.17, 15) is 14.3 Å². The van der Waals surface area contributed by atoms with Gasteiger partial charge in [0.25, 0.3) is 0 Å². The Hall–Kier alpha value is -0.460. The van der Waals surface area contributed by atoms with Gasteiger partial charge in [-0.2, -0.15) is 0 Å². The second kappa shape index (κ2) is 4.37. The van der Waals surface area contributed by atoms with Crippen LogP contribution >= 0.6 is 31.9 Å². The molecule has 0 spiro atoms. The third-order valence-corrected chi connectivity index (χ3v) is 3.63. The van der Waals surface area contributed by atoms with Crippen LogP contribution in [0.3, 0.4) is 0 Å². The maximum absolute atomic E-state index is 13.2. The predicted molar refractivity (Wildman–Crippen MR) is 54.4 cm³/mol. The molecule has 0 bridgehead atoms. The van der Waals surface area contributed by atoms with Crippen molar-refractivity contribution in [1.82, 2.24) is 0 Å². The zero-order valence-electron chi connectivity index (χ0n) is 6.67. The smallest absolute Gasteiger partial charge is 0.337 e. The van der Waals surface area contributed by atoms with Gasteiger partial charge in [-0.25, -0.2) is 9.18 Å². The van der Waals surface area contributed by atoms with E-state index >= 15 is 0 Å². The van der Waals surface area contributed by atoms with Crippen molar-refractivity contribution < 1.29 is 19.4 Å². The maximum atomic E-state index is 13.2. The second-order valence-electron chi connectivity index (χ2n) is 2.50. The number of carboxylic acids is 1. The number of hydrogen-bond donors (Lipinski definition) is 2. The summed E-state index contributed by atoms with van der Waals surface area (Å²) in [5.74, 6) is -2.27. The van der Waals surface area contributed by atoms with E-state index in [0.29, 0.717) is 4.47 Å². The molecule has 76 valence electrons. The van der Waals surface area contributed by atoms with Crippen LogP contribution in [0.25, 0.3) is 0 Å². The van der Waals surface area contributed by atoms with Crippen molar-refractivity contribution in [3.63, 3.8) is 0 Å². The zero-order valence-corrected chi connectivity index (χ0v) is 9.84. The van der Waals surface area contributed by atoms with Crippen LogP contribution in [-0.2, 0) is 4.79 Å². The Morgan fingerprint density at radius 3 is 2.50 bits per heavy atom. The molecule has 0 amide bonds. The van der Waals surface area contributed by atoms with Gasteiger partial charge in [0, 0.05) is 14.5 Å². The molecule has 0 heterocycles. The molecule has 0 aliphatic carbocycles. The van der Waals surface area contributed by atoms with Gasteiger partial charge in [0.1, 0.15) is 5.82 Å². The van der Waals surface area contributed by atoms with E-state index in [4.69, 9.17) is 5.11 Å². The highest BCUT2D eigenvalue weighted by atomic mass is 79.9. The third-order valence-electron chi connectivity index (χ3n) is 1.59. The molecule has 0 saturated carbocycles. The van der Waals surface area contributed by atoms with E-state index < -0.39 is 17.9 Å². The minimum absolute atomic E-state index is 0.201. The van der Waals surface area contributed by atoms with E-state index in [1.54, 1.807) is 0 Å². The molecule has 1 rings (SSSR count). The van der Waals surface area contributed by atoms with Crippen molar-refractivity contribution in [1.29, 1.82) is 0 Å². The first-order valence-electron chi connectivity index (χ1n) is 3.49. The van der Waals surface area contributed by atoms with Crippen molar-refractivity contribution in [3.8, 4) is 0 Å².